The number of anilines is 1. The highest BCUT2D eigenvalue weighted by atomic mass is 79.9. The van der Waals surface area contributed by atoms with Gasteiger partial charge in [0.05, 0.1) is 10.7 Å². The number of hydrogen-bond donors (Lipinski definition) is 2. The second-order valence-corrected chi connectivity index (χ2v) is 7.96. The molecule has 27 heavy (non-hydrogen) atoms. The molecule has 0 spiro atoms. The Morgan fingerprint density at radius 3 is 2.00 bits per heavy atom. The molecule has 2 rings (SSSR count). The molecule has 1 unspecified atom stereocenters. The van der Waals surface area contributed by atoms with Crippen LogP contribution >= 0.6 is 55.1 Å². The molecular weight excluding hydrogens is 534 g/mol. The Balaban J connectivity index is 2.91. The first-order chi connectivity index (χ1) is 12.5. The Bertz CT molecular complexity index is 876. The Hall–Kier alpha value is -1.22. The maximum Gasteiger partial charge on any atom is 0.422 e. The van der Waals surface area contributed by atoms with Gasteiger partial charge in [0.2, 0.25) is 5.54 Å². The van der Waals surface area contributed by atoms with Crippen LogP contribution in [-0.2, 0) is 5.54 Å². The van der Waals surface area contributed by atoms with Crippen molar-refractivity contribution in [2.45, 2.75) is 11.7 Å². The van der Waals surface area contributed by atoms with Gasteiger partial charge in [-0.15, -0.1) is 0 Å². The Morgan fingerprint density at radius 2 is 1.56 bits per heavy atom. The summed E-state index contributed by atoms with van der Waals surface area (Å²) in [5, 5.41) is 0.143. The Morgan fingerprint density at radius 1 is 1.04 bits per heavy atom. The van der Waals surface area contributed by atoms with Crippen LogP contribution in [0.5, 0.6) is 0 Å². The smallest absolute Gasteiger partial charge is 0.403 e. The van der Waals surface area contributed by atoms with Gasteiger partial charge in [-0.05, 0) is 67.3 Å². The van der Waals surface area contributed by atoms with E-state index in [0.717, 1.165) is 12.4 Å². The molecule has 0 amide bonds. The molecule has 2 aromatic rings. The van der Waals surface area contributed by atoms with Crippen molar-refractivity contribution in [3.05, 3.63) is 72.7 Å². The molecule has 0 saturated carbocycles. The van der Waals surface area contributed by atoms with Crippen molar-refractivity contribution < 1.29 is 13.2 Å². The van der Waals surface area contributed by atoms with Gasteiger partial charge in [0.1, 0.15) is 0 Å². The van der Waals surface area contributed by atoms with E-state index in [1.54, 1.807) is 0 Å². The average Bonchev–Trinajstić information content (AvgIpc) is 2.59. The molecule has 0 bridgehead atoms. The van der Waals surface area contributed by atoms with E-state index >= 15 is 0 Å². The van der Waals surface area contributed by atoms with Gasteiger partial charge in [0, 0.05) is 26.4 Å². The van der Waals surface area contributed by atoms with Gasteiger partial charge >= 0.3 is 6.18 Å². The van der Waals surface area contributed by atoms with E-state index in [0.29, 0.717) is 5.02 Å². The molecule has 10 heteroatoms. The molecule has 0 heterocycles. The van der Waals surface area contributed by atoms with Gasteiger partial charge in [-0.2, -0.15) is 13.2 Å². The predicted molar refractivity (Wildman–Crippen MR) is 111 cm³/mol. The molecule has 0 fully saturated rings. The van der Waals surface area contributed by atoms with E-state index < -0.39 is 11.7 Å². The minimum absolute atomic E-state index is 0.147. The highest BCUT2D eigenvalue weighted by Gasteiger charge is 2.57. The number of halogens is 7. The summed E-state index contributed by atoms with van der Waals surface area (Å²) in [5.74, 6) is 0. The van der Waals surface area contributed by atoms with E-state index in [2.05, 4.69) is 36.9 Å². The fourth-order valence-electron chi connectivity index (χ4n) is 2.40. The molecule has 0 saturated heterocycles. The summed E-state index contributed by atoms with van der Waals surface area (Å²) in [6.07, 6.45) is -3.01. The third-order valence-corrected chi connectivity index (χ3v) is 5.50. The van der Waals surface area contributed by atoms with Crippen LogP contribution in [0.15, 0.2) is 61.6 Å². The van der Waals surface area contributed by atoms with Crippen LogP contribution in [0.25, 0.3) is 0 Å². The molecule has 1 atom stereocenters. The van der Waals surface area contributed by atoms with Crippen molar-refractivity contribution in [2.24, 2.45) is 10.7 Å². The van der Waals surface area contributed by atoms with E-state index in [1.165, 1.54) is 36.4 Å². The number of nitrogen functional groups attached to an aromatic ring is 1. The van der Waals surface area contributed by atoms with Crippen molar-refractivity contribution in [1.82, 2.24) is 0 Å². The van der Waals surface area contributed by atoms with Gasteiger partial charge in [-0.1, -0.05) is 35.3 Å². The van der Waals surface area contributed by atoms with E-state index in [4.69, 9.17) is 34.7 Å². The minimum Gasteiger partial charge on any atom is -0.403 e. The largest absolute Gasteiger partial charge is 0.422 e. The summed E-state index contributed by atoms with van der Waals surface area (Å²) >= 11 is 18.0. The van der Waals surface area contributed by atoms with Crippen molar-refractivity contribution in [3.63, 3.8) is 0 Å². The van der Waals surface area contributed by atoms with Gasteiger partial charge in [-0.3, -0.25) is 4.99 Å². The fraction of sp³-hybridized carbons (Fsp3) is 0.118. The lowest BCUT2D eigenvalue weighted by Gasteiger charge is -2.33. The summed E-state index contributed by atoms with van der Waals surface area (Å²) in [6, 6.07) is 7.75. The van der Waals surface area contributed by atoms with Crippen molar-refractivity contribution in [3.8, 4) is 0 Å². The van der Waals surface area contributed by atoms with Crippen LogP contribution in [0.2, 0.25) is 5.02 Å². The maximum atomic E-state index is 14.5. The second kappa shape index (κ2) is 8.43. The maximum absolute atomic E-state index is 14.5. The molecule has 0 aromatic heterocycles. The first-order valence-corrected chi connectivity index (χ1v) is 9.57. The molecular formula is C17H12Br2Cl2F3N3. The number of rotatable bonds is 4. The van der Waals surface area contributed by atoms with Crippen molar-refractivity contribution in [2.75, 3.05) is 5.73 Å². The molecule has 144 valence electrons. The number of nitrogens with zero attached hydrogens (tertiary/aromatic N) is 1. The molecule has 0 aliphatic heterocycles. The van der Waals surface area contributed by atoms with Gasteiger partial charge in [0.25, 0.3) is 0 Å². The van der Waals surface area contributed by atoms with Crippen LogP contribution in [0.1, 0.15) is 11.1 Å². The van der Waals surface area contributed by atoms with E-state index in [1.807, 2.05) is 0 Å². The van der Waals surface area contributed by atoms with Gasteiger partial charge in [0.15, 0.2) is 0 Å². The fourth-order valence-corrected chi connectivity index (χ4v) is 3.76. The van der Waals surface area contributed by atoms with Crippen molar-refractivity contribution >= 4 is 67.0 Å². The highest BCUT2D eigenvalue weighted by molar-refractivity contribution is 9.11. The number of allylic oxidation sites excluding steroid dienone is 1. The summed E-state index contributed by atoms with van der Waals surface area (Å²) in [5.41, 5.74) is 8.25. The first-order valence-electron chi connectivity index (χ1n) is 7.23. The van der Waals surface area contributed by atoms with Crippen LogP contribution in [0.3, 0.4) is 0 Å². The molecule has 0 radical (unpaired) electrons. The number of benzene rings is 2. The highest BCUT2D eigenvalue weighted by Crippen LogP contribution is 2.49. The summed E-state index contributed by atoms with van der Waals surface area (Å²) in [4.78, 5) is 3.82. The normalized spacial score (nSPS) is 15.1. The first kappa shape index (κ1) is 22.1. The third kappa shape index (κ3) is 4.45. The number of hydrogen-bond acceptors (Lipinski definition) is 3. The lowest BCUT2D eigenvalue weighted by atomic mass is 9.82. The molecule has 2 aromatic carbocycles. The number of alkyl halides is 3. The zero-order valence-electron chi connectivity index (χ0n) is 13.4. The molecule has 0 aliphatic rings. The van der Waals surface area contributed by atoms with E-state index in [9.17, 15) is 13.2 Å². The molecule has 4 N–H and O–H groups in total. The SMILES string of the molecule is NC=C(Cl)C=NC(c1ccc(Cl)cc1)(c1cc(Br)c(N)c(Br)c1)C(F)(F)F. The molecule has 3 nitrogen and oxygen atoms in total. The quantitative estimate of drug-likeness (QED) is 0.347. The Labute approximate surface area is 180 Å². The zero-order chi connectivity index (χ0) is 20.4. The van der Waals surface area contributed by atoms with Crippen LogP contribution in [0.4, 0.5) is 18.9 Å². The topological polar surface area (TPSA) is 64.4 Å². The van der Waals surface area contributed by atoms with Crippen LogP contribution in [0, 0.1) is 0 Å². The van der Waals surface area contributed by atoms with Gasteiger partial charge < -0.3 is 11.5 Å². The number of aliphatic imine (C=N–C) groups is 1. The monoisotopic (exact) mass is 543 g/mol. The van der Waals surface area contributed by atoms with Crippen LogP contribution in [-0.4, -0.2) is 12.4 Å². The zero-order valence-corrected chi connectivity index (χ0v) is 18.1. The minimum atomic E-state index is -4.82. The van der Waals surface area contributed by atoms with E-state index in [-0.39, 0.29) is 30.8 Å². The molecule has 0 aliphatic carbocycles. The van der Waals surface area contributed by atoms with Crippen LogP contribution < -0.4 is 11.5 Å². The van der Waals surface area contributed by atoms with Crippen molar-refractivity contribution in [1.29, 1.82) is 0 Å². The van der Waals surface area contributed by atoms with Gasteiger partial charge in [-0.25, -0.2) is 0 Å². The lowest BCUT2D eigenvalue weighted by molar-refractivity contribution is -0.175. The standard InChI is InChI=1S/C17H12Br2Cl2F3N3/c18-13-5-10(6-14(19)15(13)26)16(17(22,23)24,27-8-12(21)7-25)9-1-3-11(20)4-2-9/h1-8H,25-26H2. The summed E-state index contributed by atoms with van der Waals surface area (Å²) in [6.45, 7) is 0. The predicted octanol–water partition coefficient (Wildman–Crippen LogP) is 6.36. The lowest BCUT2D eigenvalue weighted by Crippen LogP contribution is -2.42. The third-order valence-electron chi connectivity index (χ3n) is 3.71. The summed E-state index contributed by atoms with van der Waals surface area (Å²) in [7, 11) is 0. The second-order valence-electron chi connectivity index (χ2n) is 5.38. The summed E-state index contributed by atoms with van der Waals surface area (Å²) < 4.78 is 44.0. The average molecular weight is 546 g/mol. The Kier molecular flexibility index (Phi) is 6.89. The number of nitrogens with two attached hydrogens (primary N) is 2.